The zero-order chi connectivity index (χ0) is 34.6. The molecule has 258 valence electrons. The van der Waals surface area contributed by atoms with Crippen molar-refractivity contribution in [3.8, 4) is 11.5 Å². The standard InChI is InChI=1S/C36H46F2N6O3S/c1-35(2,3)32(36(4,5)6)28-10-8-11-44(28)12-9-13-47-30-19-27-26(18-29(30)46-7)33(41-21-40-27)43-34-39-20-25(48-34)17-31(45)42-24-15-22(37)14-23(38)16-24/h14-16,18-21,28,32H,8-13,17H2,1-7H3,(H,42,45)(H,39,40,41,43)/t28-/m0/s1. The molecule has 1 atom stereocenters. The van der Waals surface area contributed by atoms with Crippen molar-refractivity contribution in [3.05, 3.63) is 59.4 Å². The first kappa shape index (κ1) is 35.4. The summed E-state index contributed by atoms with van der Waals surface area (Å²) in [5.74, 6) is 0.362. The number of likely N-dealkylation sites (tertiary alicyclic amines) is 1. The van der Waals surface area contributed by atoms with Crippen LogP contribution < -0.4 is 20.1 Å². The average Bonchev–Trinajstić information content (AvgIpc) is 3.62. The van der Waals surface area contributed by atoms with Crippen LogP contribution in [0, 0.1) is 28.4 Å². The molecule has 0 radical (unpaired) electrons. The lowest BCUT2D eigenvalue weighted by molar-refractivity contribution is -0.115. The number of rotatable bonds is 12. The van der Waals surface area contributed by atoms with Crippen molar-refractivity contribution in [1.29, 1.82) is 0 Å². The van der Waals surface area contributed by atoms with Crippen molar-refractivity contribution < 1.29 is 23.0 Å². The van der Waals surface area contributed by atoms with Crippen molar-refractivity contribution in [2.24, 2.45) is 16.7 Å². The number of fused-ring (bicyclic) bond motifs is 1. The minimum absolute atomic E-state index is 0.0112. The molecule has 1 amide bonds. The molecule has 1 fully saturated rings. The van der Waals surface area contributed by atoms with Crippen LogP contribution in [0.2, 0.25) is 0 Å². The number of thiazole rings is 1. The van der Waals surface area contributed by atoms with Crippen molar-refractivity contribution in [2.45, 2.75) is 73.3 Å². The van der Waals surface area contributed by atoms with Gasteiger partial charge in [0.1, 0.15) is 23.8 Å². The lowest BCUT2D eigenvalue weighted by Crippen LogP contribution is -2.48. The largest absolute Gasteiger partial charge is 0.493 e. The first-order chi connectivity index (χ1) is 22.7. The molecule has 0 saturated carbocycles. The van der Waals surface area contributed by atoms with E-state index in [0.29, 0.717) is 51.4 Å². The van der Waals surface area contributed by atoms with Gasteiger partial charge in [-0.25, -0.2) is 23.7 Å². The second kappa shape index (κ2) is 14.7. The summed E-state index contributed by atoms with van der Waals surface area (Å²) < 4.78 is 38.9. The highest BCUT2D eigenvalue weighted by Crippen LogP contribution is 2.46. The van der Waals surface area contributed by atoms with E-state index in [0.717, 1.165) is 43.1 Å². The topological polar surface area (TPSA) is 102 Å². The number of carbonyl (C=O) groups excluding carboxylic acids is 1. The second-order valence-corrected chi connectivity index (χ2v) is 15.7. The molecule has 0 bridgehead atoms. The predicted molar refractivity (Wildman–Crippen MR) is 187 cm³/mol. The molecule has 1 aliphatic heterocycles. The van der Waals surface area contributed by atoms with Crippen LogP contribution in [0.5, 0.6) is 11.5 Å². The van der Waals surface area contributed by atoms with Crippen LogP contribution in [-0.4, -0.2) is 58.6 Å². The van der Waals surface area contributed by atoms with E-state index in [9.17, 15) is 13.6 Å². The zero-order valence-corrected chi connectivity index (χ0v) is 29.6. The van der Waals surface area contributed by atoms with Gasteiger partial charge in [-0.05, 0) is 60.8 Å². The van der Waals surface area contributed by atoms with Gasteiger partial charge in [0.05, 0.1) is 25.7 Å². The van der Waals surface area contributed by atoms with Crippen LogP contribution in [0.1, 0.15) is 65.7 Å². The van der Waals surface area contributed by atoms with E-state index in [2.05, 4.69) is 72.0 Å². The number of benzene rings is 2. The molecule has 3 heterocycles. The van der Waals surface area contributed by atoms with Gasteiger partial charge in [0.2, 0.25) is 5.91 Å². The Morgan fingerprint density at radius 2 is 1.75 bits per heavy atom. The molecule has 0 spiro atoms. The van der Waals surface area contributed by atoms with Gasteiger partial charge in [0.25, 0.3) is 0 Å². The number of carbonyl (C=O) groups is 1. The molecule has 5 rings (SSSR count). The second-order valence-electron chi connectivity index (χ2n) is 14.5. The Kier molecular flexibility index (Phi) is 10.8. The number of nitrogens with zero attached hydrogens (tertiary/aromatic N) is 4. The van der Waals surface area contributed by atoms with Gasteiger partial charge in [-0.2, -0.15) is 0 Å². The number of hydrogen-bond acceptors (Lipinski definition) is 9. The van der Waals surface area contributed by atoms with Crippen LogP contribution in [0.3, 0.4) is 0 Å². The van der Waals surface area contributed by atoms with E-state index >= 15 is 0 Å². The number of ether oxygens (including phenoxy) is 2. The monoisotopic (exact) mass is 680 g/mol. The maximum atomic E-state index is 13.5. The summed E-state index contributed by atoms with van der Waals surface area (Å²) >= 11 is 1.27. The highest BCUT2D eigenvalue weighted by Gasteiger charge is 2.44. The predicted octanol–water partition coefficient (Wildman–Crippen LogP) is 8.24. The third-order valence-corrected chi connectivity index (χ3v) is 9.61. The van der Waals surface area contributed by atoms with E-state index in [-0.39, 0.29) is 22.9 Å². The summed E-state index contributed by atoms with van der Waals surface area (Å²) in [5.41, 5.74) is 1.18. The van der Waals surface area contributed by atoms with E-state index in [4.69, 9.17) is 9.47 Å². The number of aromatic nitrogens is 3. The van der Waals surface area contributed by atoms with Gasteiger partial charge in [0, 0.05) is 46.9 Å². The molecule has 2 aromatic carbocycles. The smallest absolute Gasteiger partial charge is 0.229 e. The maximum Gasteiger partial charge on any atom is 0.229 e. The van der Waals surface area contributed by atoms with Gasteiger partial charge in [-0.15, -0.1) is 11.3 Å². The molecule has 2 aromatic heterocycles. The number of nitrogens with one attached hydrogen (secondary N) is 2. The summed E-state index contributed by atoms with van der Waals surface area (Å²) in [6.45, 7) is 16.9. The summed E-state index contributed by atoms with van der Waals surface area (Å²) in [6.07, 6.45) is 6.41. The molecule has 9 nitrogen and oxygen atoms in total. The van der Waals surface area contributed by atoms with E-state index in [1.165, 1.54) is 30.5 Å². The summed E-state index contributed by atoms with van der Waals surface area (Å²) in [5, 5.41) is 6.97. The summed E-state index contributed by atoms with van der Waals surface area (Å²) in [4.78, 5) is 29.1. The van der Waals surface area contributed by atoms with Crippen LogP contribution in [-0.2, 0) is 11.2 Å². The third kappa shape index (κ3) is 8.76. The Hall–Kier alpha value is -3.90. The maximum absolute atomic E-state index is 13.5. The zero-order valence-electron chi connectivity index (χ0n) is 28.8. The van der Waals surface area contributed by atoms with E-state index in [1.807, 2.05) is 12.1 Å². The van der Waals surface area contributed by atoms with Crippen molar-refractivity contribution in [2.75, 3.05) is 37.4 Å². The van der Waals surface area contributed by atoms with Crippen LogP contribution in [0.15, 0.2) is 42.9 Å². The Labute approximate surface area is 285 Å². The molecule has 1 aliphatic rings. The Morgan fingerprint density at radius 1 is 1.02 bits per heavy atom. The molecule has 12 heteroatoms. The Bertz CT molecular complexity index is 1700. The average molecular weight is 681 g/mol. The SMILES string of the molecule is COc1cc2c(Nc3ncc(CC(=O)Nc4cc(F)cc(F)c4)s3)ncnc2cc1OCCCN1CCC[C@H]1C(C(C)(C)C)C(C)(C)C. The molecule has 1 saturated heterocycles. The van der Waals surface area contributed by atoms with Crippen LogP contribution >= 0.6 is 11.3 Å². The number of hydrogen-bond donors (Lipinski definition) is 2. The highest BCUT2D eigenvalue weighted by molar-refractivity contribution is 7.15. The normalized spacial score (nSPS) is 15.7. The van der Waals surface area contributed by atoms with Gasteiger partial charge in [-0.3, -0.25) is 9.69 Å². The van der Waals surface area contributed by atoms with Crippen LogP contribution in [0.25, 0.3) is 10.9 Å². The van der Waals surface area contributed by atoms with Crippen molar-refractivity contribution in [3.63, 3.8) is 0 Å². The first-order valence-corrected chi connectivity index (χ1v) is 17.2. The Morgan fingerprint density at radius 3 is 2.44 bits per heavy atom. The fourth-order valence-electron chi connectivity index (χ4n) is 7.38. The van der Waals surface area contributed by atoms with E-state index in [1.54, 1.807) is 13.3 Å². The molecule has 48 heavy (non-hydrogen) atoms. The van der Waals surface area contributed by atoms with Crippen molar-refractivity contribution in [1.82, 2.24) is 19.9 Å². The molecule has 4 aromatic rings. The molecule has 0 unspecified atom stereocenters. The number of halogens is 2. The lowest BCUT2D eigenvalue weighted by Gasteiger charge is -2.47. The fourth-order valence-corrected chi connectivity index (χ4v) is 8.19. The molecule has 0 aliphatic carbocycles. The van der Waals surface area contributed by atoms with Gasteiger partial charge >= 0.3 is 0 Å². The minimum atomic E-state index is -0.765. The fraction of sp³-hybridized carbons (Fsp3) is 0.500. The number of anilines is 3. The molecular weight excluding hydrogens is 634 g/mol. The van der Waals surface area contributed by atoms with Gasteiger partial charge < -0.3 is 20.1 Å². The first-order valence-electron chi connectivity index (χ1n) is 16.4. The van der Waals surface area contributed by atoms with E-state index < -0.39 is 17.5 Å². The third-order valence-electron chi connectivity index (χ3n) is 8.69. The lowest BCUT2D eigenvalue weighted by atomic mass is 9.63. The minimum Gasteiger partial charge on any atom is -0.493 e. The Balaban J connectivity index is 1.21. The highest BCUT2D eigenvalue weighted by atomic mass is 32.1. The number of amides is 1. The molecule has 2 N–H and O–H groups in total. The quantitative estimate of drug-likeness (QED) is 0.144. The van der Waals surface area contributed by atoms with Gasteiger partial charge in [0.15, 0.2) is 16.6 Å². The van der Waals surface area contributed by atoms with Crippen LogP contribution in [0.4, 0.5) is 25.4 Å². The van der Waals surface area contributed by atoms with Crippen molar-refractivity contribution >= 4 is 44.8 Å². The number of methoxy groups -OCH3 is 1. The summed E-state index contributed by atoms with van der Waals surface area (Å²) in [6, 6.07) is 7.15. The molecular formula is C36H46F2N6O3S. The summed E-state index contributed by atoms with van der Waals surface area (Å²) in [7, 11) is 1.61. The van der Waals surface area contributed by atoms with Gasteiger partial charge in [-0.1, -0.05) is 41.5 Å².